The molecule has 0 aliphatic carbocycles. The van der Waals surface area contributed by atoms with Gasteiger partial charge >= 0.3 is 35.9 Å². The second-order valence-corrected chi connectivity index (χ2v) is 6.47. The van der Waals surface area contributed by atoms with Gasteiger partial charge in [-0.1, -0.05) is 19.7 Å². The van der Waals surface area contributed by atoms with E-state index in [1.165, 1.54) is 0 Å². The van der Waals surface area contributed by atoms with E-state index in [1.807, 2.05) is 0 Å². The van der Waals surface area contributed by atoms with Crippen LogP contribution in [0.2, 0.25) is 0 Å². The molecular formula is C21H27N3O9. The number of ether oxygens (including phenoxy) is 6. The largest absolute Gasteiger partial charge is 0.459 e. The van der Waals surface area contributed by atoms with Crippen molar-refractivity contribution in [3.8, 4) is 18.0 Å². The molecular weight excluding hydrogens is 438 g/mol. The number of hydrogen-bond donors (Lipinski definition) is 0. The van der Waals surface area contributed by atoms with Crippen LogP contribution in [0.3, 0.4) is 0 Å². The zero-order valence-corrected chi connectivity index (χ0v) is 18.7. The van der Waals surface area contributed by atoms with Gasteiger partial charge in [0.05, 0.1) is 0 Å². The molecule has 12 heteroatoms. The molecule has 0 amide bonds. The van der Waals surface area contributed by atoms with E-state index >= 15 is 0 Å². The third-order valence-corrected chi connectivity index (χ3v) is 3.37. The maximum atomic E-state index is 11.3. The Morgan fingerprint density at radius 1 is 0.636 bits per heavy atom. The van der Waals surface area contributed by atoms with Gasteiger partial charge in [0.25, 0.3) is 0 Å². The van der Waals surface area contributed by atoms with Crippen LogP contribution in [0.5, 0.6) is 18.0 Å². The molecule has 0 aromatic carbocycles. The molecule has 1 aromatic rings. The lowest BCUT2D eigenvalue weighted by molar-refractivity contribution is -0.144. The minimum Gasteiger partial charge on any atom is -0.459 e. The summed E-state index contributed by atoms with van der Waals surface area (Å²) in [5, 5.41) is 0. The third-order valence-electron chi connectivity index (χ3n) is 3.37. The van der Waals surface area contributed by atoms with Gasteiger partial charge in [0.2, 0.25) is 0 Å². The van der Waals surface area contributed by atoms with Gasteiger partial charge in [-0.3, -0.25) is 0 Å². The Balaban J connectivity index is 2.87. The van der Waals surface area contributed by atoms with Crippen molar-refractivity contribution in [2.24, 2.45) is 0 Å². The van der Waals surface area contributed by atoms with Gasteiger partial charge in [0.15, 0.2) is 0 Å². The molecule has 0 aliphatic rings. The van der Waals surface area contributed by atoms with E-state index in [9.17, 15) is 14.4 Å². The molecule has 3 atom stereocenters. The van der Waals surface area contributed by atoms with E-state index < -0.39 is 36.2 Å². The Labute approximate surface area is 191 Å². The smallest absolute Gasteiger partial charge is 0.330 e. The maximum absolute atomic E-state index is 11.3. The number of aromatic nitrogens is 3. The van der Waals surface area contributed by atoms with E-state index in [1.54, 1.807) is 20.8 Å². The fourth-order valence-corrected chi connectivity index (χ4v) is 1.93. The average molecular weight is 465 g/mol. The van der Waals surface area contributed by atoms with Crippen LogP contribution in [0.15, 0.2) is 38.0 Å². The fraction of sp³-hybridized carbons (Fsp3) is 0.429. The van der Waals surface area contributed by atoms with E-state index in [-0.39, 0.29) is 37.9 Å². The molecule has 0 spiro atoms. The molecule has 0 saturated carbocycles. The predicted molar refractivity (Wildman–Crippen MR) is 114 cm³/mol. The summed E-state index contributed by atoms with van der Waals surface area (Å²) in [4.78, 5) is 45.8. The highest BCUT2D eigenvalue weighted by Crippen LogP contribution is 2.16. The molecule has 3 unspecified atom stereocenters. The number of carbonyl (C=O) groups excluding carboxylic acids is 3. The van der Waals surface area contributed by atoms with Crippen molar-refractivity contribution < 1.29 is 42.8 Å². The van der Waals surface area contributed by atoms with Crippen LogP contribution in [0, 0.1) is 0 Å². The second-order valence-electron chi connectivity index (χ2n) is 6.47. The molecule has 1 heterocycles. The summed E-state index contributed by atoms with van der Waals surface area (Å²) in [5.41, 5.74) is 0. The Morgan fingerprint density at radius 3 is 1.09 bits per heavy atom. The van der Waals surface area contributed by atoms with Gasteiger partial charge in [0, 0.05) is 18.2 Å². The predicted octanol–water partition coefficient (Wildman–Crippen LogP) is 1.36. The van der Waals surface area contributed by atoms with Crippen molar-refractivity contribution in [2.75, 3.05) is 19.8 Å². The molecule has 1 aromatic heterocycles. The van der Waals surface area contributed by atoms with Gasteiger partial charge in [-0.05, 0) is 20.8 Å². The molecule has 12 nitrogen and oxygen atoms in total. The van der Waals surface area contributed by atoms with Crippen molar-refractivity contribution in [1.82, 2.24) is 15.0 Å². The Morgan fingerprint density at radius 2 is 0.879 bits per heavy atom. The zero-order chi connectivity index (χ0) is 24.8. The summed E-state index contributed by atoms with van der Waals surface area (Å²) in [6.07, 6.45) is 1.20. The van der Waals surface area contributed by atoms with E-state index in [2.05, 4.69) is 34.7 Å². The summed E-state index contributed by atoms with van der Waals surface area (Å²) in [5.74, 6) is -1.83. The van der Waals surface area contributed by atoms with Crippen LogP contribution < -0.4 is 14.2 Å². The Kier molecular flexibility index (Phi) is 11.6. The lowest BCUT2D eigenvalue weighted by Crippen LogP contribution is -2.24. The van der Waals surface area contributed by atoms with Gasteiger partial charge in [0.1, 0.15) is 38.1 Å². The molecule has 0 radical (unpaired) electrons. The average Bonchev–Trinajstić information content (AvgIpc) is 2.79. The normalized spacial score (nSPS) is 12.8. The van der Waals surface area contributed by atoms with Crippen molar-refractivity contribution in [1.29, 1.82) is 0 Å². The molecule has 33 heavy (non-hydrogen) atoms. The van der Waals surface area contributed by atoms with Crippen LogP contribution in [0.4, 0.5) is 0 Å². The first-order chi connectivity index (χ1) is 15.7. The summed E-state index contributed by atoms with van der Waals surface area (Å²) in [7, 11) is 0. The van der Waals surface area contributed by atoms with Crippen LogP contribution in [0.25, 0.3) is 0 Å². The number of rotatable bonds is 15. The summed E-state index contributed by atoms with van der Waals surface area (Å²) < 4.78 is 31.3. The molecule has 0 saturated heterocycles. The zero-order valence-electron chi connectivity index (χ0n) is 18.7. The maximum Gasteiger partial charge on any atom is 0.330 e. The van der Waals surface area contributed by atoms with Gasteiger partial charge < -0.3 is 28.4 Å². The monoisotopic (exact) mass is 465 g/mol. The highest BCUT2D eigenvalue weighted by Gasteiger charge is 2.16. The highest BCUT2D eigenvalue weighted by molar-refractivity contribution is 5.82. The number of hydrogen-bond acceptors (Lipinski definition) is 12. The van der Waals surface area contributed by atoms with Crippen LogP contribution >= 0.6 is 0 Å². The summed E-state index contributed by atoms with van der Waals surface area (Å²) >= 11 is 0. The molecule has 0 N–H and O–H groups in total. The lowest BCUT2D eigenvalue weighted by Gasteiger charge is -2.15. The van der Waals surface area contributed by atoms with Crippen LogP contribution in [0.1, 0.15) is 20.8 Å². The Hall–Kier alpha value is -3.96. The van der Waals surface area contributed by atoms with Gasteiger partial charge in [-0.25, -0.2) is 14.4 Å². The van der Waals surface area contributed by atoms with Crippen LogP contribution in [-0.4, -0.2) is 71.0 Å². The van der Waals surface area contributed by atoms with E-state index in [0.717, 1.165) is 18.2 Å². The molecule has 0 fully saturated rings. The number of nitrogens with zero attached hydrogens (tertiary/aromatic N) is 3. The van der Waals surface area contributed by atoms with Crippen molar-refractivity contribution in [3.63, 3.8) is 0 Å². The number of carbonyl (C=O) groups is 3. The first-order valence-corrected chi connectivity index (χ1v) is 9.80. The van der Waals surface area contributed by atoms with E-state index in [4.69, 9.17) is 28.4 Å². The highest BCUT2D eigenvalue weighted by atomic mass is 16.6. The minimum atomic E-state index is -0.627. The fourth-order valence-electron chi connectivity index (χ4n) is 1.93. The second kappa shape index (κ2) is 14.2. The summed E-state index contributed by atoms with van der Waals surface area (Å²) in [6, 6.07) is -0.533. The molecule has 0 bridgehead atoms. The number of esters is 3. The Bertz CT molecular complexity index is 738. The minimum absolute atomic E-state index is 0.0802. The summed E-state index contributed by atoms with van der Waals surface area (Å²) in [6.45, 7) is 14.5. The first-order valence-electron chi connectivity index (χ1n) is 9.80. The SMILES string of the molecule is C=CC(=O)OC(C)COc1nc(OCC(C)OC(=O)C=C)nc(OCC(C)OC(=O)C=C)n1. The van der Waals surface area contributed by atoms with Crippen molar-refractivity contribution in [3.05, 3.63) is 38.0 Å². The van der Waals surface area contributed by atoms with Crippen molar-refractivity contribution >= 4 is 17.9 Å². The standard InChI is InChI=1S/C21H27N3O9/c1-7-16(25)31-13(4)10-28-19-22-20(29-11-14(5)32-17(26)8-2)24-21(23-19)30-12-15(6)33-18(27)9-3/h7-9,13-15H,1-3,10-12H2,4-6H3. The molecule has 180 valence electrons. The first kappa shape index (κ1) is 27.1. The van der Waals surface area contributed by atoms with Crippen LogP contribution in [-0.2, 0) is 28.6 Å². The van der Waals surface area contributed by atoms with Crippen molar-refractivity contribution in [2.45, 2.75) is 39.1 Å². The van der Waals surface area contributed by atoms with Gasteiger partial charge in [-0.15, -0.1) is 15.0 Å². The molecule has 0 aliphatic heterocycles. The third kappa shape index (κ3) is 11.3. The lowest BCUT2D eigenvalue weighted by atomic mass is 10.4. The molecule has 1 rings (SSSR count). The van der Waals surface area contributed by atoms with E-state index in [0.29, 0.717) is 0 Å². The quantitative estimate of drug-likeness (QED) is 0.209. The topological polar surface area (TPSA) is 145 Å². The van der Waals surface area contributed by atoms with Gasteiger partial charge in [-0.2, -0.15) is 0 Å².